The first-order chi connectivity index (χ1) is 11.5. The Morgan fingerprint density at radius 2 is 2.00 bits per heavy atom. The molecule has 0 bridgehead atoms. The lowest BCUT2D eigenvalue weighted by molar-refractivity contribution is -0.0306. The van der Waals surface area contributed by atoms with Crippen LogP contribution in [0.2, 0.25) is 0 Å². The van der Waals surface area contributed by atoms with Crippen molar-refractivity contribution in [3.05, 3.63) is 54.1 Å². The van der Waals surface area contributed by atoms with Crippen LogP contribution in [0.4, 0.5) is 4.39 Å². The van der Waals surface area contributed by atoms with Gasteiger partial charge >= 0.3 is 0 Å². The van der Waals surface area contributed by atoms with Crippen LogP contribution in [-0.2, 0) is 13.0 Å². The zero-order valence-corrected chi connectivity index (χ0v) is 13.7. The van der Waals surface area contributed by atoms with Crippen LogP contribution in [0, 0.1) is 5.82 Å². The molecule has 1 aliphatic heterocycles. The van der Waals surface area contributed by atoms with E-state index < -0.39 is 11.7 Å². The second-order valence-electron chi connectivity index (χ2n) is 6.71. The van der Waals surface area contributed by atoms with Crippen LogP contribution in [0.3, 0.4) is 0 Å². The van der Waals surface area contributed by atoms with Gasteiger partial charge in [-0.25, -0.2) is 4.39 Å². The van der Waals surface area contributed by atoms with Crippen LogP contribution < -0.4 is 0 Å². The molecule has 1 fully saturated rings. The zero-order valence-electron chi connectivity index (χ0n) is 13.7. The lowest BCUT2D eigenvalue weighted by Crippen LogP contribution is -2.48. The molecule has 0 aliphatic carbocycles. The maximum Gasteiger partial charge on any atom is 0.123 e. The van der Waals surface area contributed by atoms with E-state index in [4.69, 9.17) is 0 Å². The van der Waals surface area contributed by atoms with Crippen molar-refractivity contribution < 1.29 is 14.6 Å². The van der Waals surface area contributed by atoms with Crippen molar-refractivity contribution in [2.45, 2.75) is 37.5 Å². The number of benzene rings is 1. The SMILES string of the molecule is OC(CN1CCC(O)(Cc2cccc(F)c2)CC1)Cn1cccn1. The fourth-order valence-electron chi connectivity index (χ4n) is 3.34. The van der Waals surface area contributed by atoms with Gasteiger partial charge in [-0.05, 0) is 36.6 Å². The van der Waals surface area contributed by atoms with Gasteiger partial charge in [0.2, 0.25) is 0 Å². The molecule has 1 aliphatic rings. The van der Waals surface area contributed by atoms with Gasteiger partial charge < -0.3 is 15.1 Å². The van der Waals surface area contributed by atoms with E-state index in [0.29, 0.717) is 32.4 Å². The Morgan fingerprint density at radius 1 is 1.21 bits per heavy atom. The van der Waals surface area contributed by atoms with Gasteiger partial charge in [0.05, 0.1) is 18.2 Å². The van der Waals surface area contributed by atoms with Crippen LogP contribution in [0.15, 0.2) is 42.7 Å². The number of aliphatic hydroxyl groups excluding tert-OH is 1. The number of rotatable bonds is 6. The average Bonchev–Trinajstić information content (AvgIpc) is 3.02. The smallest absolute Gasteiger partial charge is 0.123 e. The van der Waals surface area contributed by atoms with Gasteiger partial charge in [-0.2, -0.15) is 5.10 Å². The number of hydrogen-bond donors (Lipinski definition) is 2. The van der Waals surface area contributed by atoms with Gasteiger partial charge in [0.15, 0.2) is 0 Å². The minimum absolute atomic E-state index is 0.268. The molecule has 1 unspecified atom stereocenters. The first-order valence-electron chi connectivity index (χ1n) is 8.37. The normalized spacial score (nSPS) is 19.3. The molecule has 5 nitrogen and oxygen atoms in total. The third kappa shape index (κ3) is 4.63. The second kappa shape index (κ2) is 7.42. The van der Waals surface area contributed by atoms with Crippen molar-refractivity contribution in [1.29, 1.82) is 0 Å². The molecule has 6 heteroatoms. The van der Waals surface area contributed by atoms with Gasteiger partial charge in [-0.1, -0.05) is 12.1 Å². The molecule has 0 amide bonds. The Bertz CT molecular complexity index is 639. The fourth-order valence-corrected chi connectivity index (χ4v) is 3.34. The summed E-state index contributed by atoms with van der Waals surface area (Å²) in [5.41, 5.74) is 0.0294. The Balaban J connectivity index is 1.47. The third-order valence-corrected chi connectivity index (χ3v) is 4.63. The Hall–Kier alpha value is -1.76. The highest BCUT2D eigenvalue weighted by molar-refractivity contribution is 5.18. The monoisotopic (exact) mass is 333 g/mol. The van der Waals surface area contributed by atoms with Gasteiger partial charge in [-0.3, -0.25) is 4.68 Å². The van der Waals surface area contributed by atoms with Crippen molar-refractivity contribution in [2.24, 2.45) is 0 Å². The molecule has 1 atom stereocenters. The van der Waals surface area contributed by atoms with Crippen LogP contribution in [0.25, 0.3) is 0 Å². The summed E-state index contributed by atoms with van der Waals surface area (Å²) in [6.45, 7) is 2.48. The number of nitrogens with zero attached hydrogens (tertiary/aromatic N) is 3. The first-order valence-corrected chi connectivity index (χ1v) is 8.37. The van der Waals surface area contributed by atoms with E-state index in [0.717, 1.165) is 18.7 Å². The molecule has 2 heterocycles. The van der Waals surface area contributed by atoms with Gasteiger partial charge in [0.25, 0.3) is 0 Å². The van der Waals surface area contributed by atoms with E-state index >= 15 is 0 Å². The molecular weight excluding hydrogens is 309 g/mol. The molecule has 3 rings (SSSR count). The maximum absolute atomic E-state index is 13.3. The van der Waals surface area contributed by atoms with Crippen LogP contribution >= 0.6 is 0 Å². The molecule has 130 valence electrons. The molecule has 0 saturated carbocycles. The van der Waals surface area contributed by atoms with Crippen molar-refractivity contribution in [3.8, 4) is 0 Å². The molecule has 1 aromatic carbocycles. The molecule has 2 aromatic rings. The van der Waals surface area contributed by atoms with Crippen molar-refractivity contribution >= 4 is 0 Å². The largest absolute Gasteiger partial charge is 0.390 e. The van der Waals surface area contributed by atoms with Crippen molar-refractivity contribution in [1.82, 2.24) is 14.7 Å². The van der Waals surface area contributed by atoms with E-state index in [9.17, 15) is 14.6 Å². The standard InChI is InChI=1S/C18H24FN3O2/c19-16-4-1-3-15(11-16)12-18(24)5-9-21(10-6-18)13-17(23)14-22-8-2-7-20-22/h1-4,7-8,11,17,23-24H,5-6,9-10,12-14H2. The van der Waals surface area contributed by atoms with E-state index in [1.54, 1.807) is 16.9 Å². The zero-order chi connectivity index (χ0) is 17.0. The first kappa shape index (κ1) is 17.1. The number of likely N-dealkylation sites (tertiary alicyclic amines) is 1. The highest BCUT2D eigenvalue weighted by Crippen LogP contribution is 2.26. The molecule has 0 spiro atoms. The summed E-state index contributed by atoms with van der Waals surface area (Å²) < 4.78 is 15.0. The predicted molar refractivity (Wildman–Crippen MR) is 89.0 cm³/mol. The number of β-amino-alcohol motifs (C(OH)–C–C–N with tert-alkyl or cyclic N) is 1. The number of piperidine rings is 1. The highest BCUT2D eigenvalue weighted by atomic mass is 19.1. The van der Waals surface area contributed by atoms with Crippen molar-refractivity contribution in [2.75, 3.05) is 19.6 Å². The van der Waals surface area contributed by atoms with Crippen LogP contribution in [-0.4, -0.2) is 56.2 Å². The van der Waals surface area contributed by atoms with Crippen LogP contribution in [0.5, 0.6) is 0 Å². The fraction of sp³-hybridized carbons (Fsp3) is 0.500. The molecule has 0 radical (unpaired) electrons. The molecular formula is C18H24FN3O2. The average molecular weight is 333 g/mol. The number of aromatic nitrogens is 2. The molecule has 24 heavy (non-hydrogen) atoms. The maximum atomic E-state index is 13.3. The second-order valence-corrected chi connectivity index (χ2v) is 6.71. The predicted octanol–water partition coefficient (Wildman–Crippen LogP) is 1.45. The number of hydrogen-bond acceptors (Lipinski definition) is 4. The Kier molecular flexibility index (Phi) is 5.28. The summed E-state index contributed by atoms with van der Waals surface area (Å²) in [5.74, 6) is -0.268. The van der Waals surface area contributed by atoms with Gasteiger partial charge in [-0.15, -0.1) is 0 Å². The third-order valence-electron chi connectivity index (χ3n) is 4.63. The minimum Gasteiger partial charge on any atom is -0.390 e. The van der Waals surface area contributed by atoms with Gasteiger partial charge in [0, 0.05) is 38.4 Å². The topological polar surface area (TPSA) is 61.5 Å². The number of aliphatic hydroxyl groups is 2. The highest BCUT2D eigenvalue weighted by Gasteiger charge is 2.33. The quantitative estimate of drug-likeness (QED) is 0.840. The van der Waals surface area contributed by atoms with Crippen molar-refractivity contribution in [3.63, 3.8) is 0 Å². The van der Waals surface area contributed by atoms with E-state index in [1.165, 1.54) is 12.1 Å². The molecule has 1 aromatic heterocycles. The molecule has 1 saturated heterocycles. The minimum atomic E-state index is -0.794. The lowest BCUT2D eigenvalue weighted by Gasteiger charge is -2.39. The summed E-state index contributed by atoms with van der Waals surface area (Å²) in [7, 11) is 0. The summed E-state index contributed by atoms with van der Waals surface area (Å²) in [6.07, 6.45) is 4.75. The number of halogens is 1. The van der Waals surface area contributed by atoms with E-state index in [1.807, 2.05) is 18.3 Å². The Labute approximate surface area is 141 Å². The summed E-state index contributed by atoms with van der Waals surface area (Å²) >= 11 is 0. The lowest BCUT2D eigenvalue weighted by atomic mass is 9.85. The molecule has 2 N–H and O–H groups in total. The summed E-state index contributed by atoms with van der Waals surface area (Å²) in [6, 6.07) is 8.26. The summed E-state index contributed by atoms with van der Waals surface area (Å²) in [4.78, 5) is 2.16. The summed E-state index contributed by atoms with van der Waals surface area (Å²) in [5, 5.41) is 25.0. The van der Waals surface area contributed by atoms with Gasteiger partial charge in [0.1, 0.15) is 5.82 Å². The van der Waals surface area contributed by atoms with E-state index in [2.05, 4.69) is 10.00 Å². The van der Waals surface area contributed by atoms with E-state index in [-0.39, 0.29) is 5.82 Å². The van der Waals surface area contributed by atoms with Crippen LogP contribution in [0.1, 0.15) is 18.4 Å². The Morgan fingerprint density at radius 3 is 2.67 bits per heavy atom.